The van der Waals surface area contributed by atoms with Gasteiger partial charge in [-0.05, 0) is 24.6 Å². The summed E-state index contributed by atoms with van der Waals surface area (Å²) in [5.41, 5.74) is 0.749. The lowest BCUT2D eigenvalue weighted by atomic mass is 10.1. The van der Waals surface area contributed by atoms with Gasteiger partial charge in [0.15, 0.2) is 6.10 Å². The van der Waals surface area contributed by atoms with Crippen LogP contribution in [0.15, 0.2) is 12.1 Å². The van der Waals surface area contributed by atoms with E-state index in [4.69, 9.17) is 28.3 Å². The molecule has 1 aromatic carbocycles. The number of hydrogen-bond donors (Lipinski definition) is 2. The third kappa shape index (κ3) is 2.18. The molecule has 1 rings (SSSR count). The van der Waals surface area contributed by atoms with Crippen molar-refractivity contribution in [1.82, 2.24) is 0 Å². The summed E-state index contributed by atoms with van der Waals surface area (Å²) in [6.45, 7) is 1.69. The van der Waals surface area contributed by atoms with Gasteiger partial charge in [0, 0.05) is 15.6 Å². The highest BCUT2D eigenvalue weighted by Gasteiger charge is 2.20. The Kier molecular flexibility index (Phi) is 3.37. The molecule has 0 aliphatic carbocycles. The minimum absolute atomic E-state index is 0.115. The number of aryl methyl sites for hydroxylation is 1. The molecule has 1 unspecified atom stereocenters. The van der Waals surface area contributed by atoms with Crippen LogP contribution < -0.4 is 0 Å². The van der Waals surface area contributed by atoms with Crippen LogP contribution in [0.25, 0.3) is 0 Å². The smallest absolute Gasteiger partial charge is 0.337 e. The van der Waals surface area contributed by atoms with Crippen LogP contribution in [-0.4, -0.2) is 16.2 Å². The molecule has 2 N–H and O–H groups in total. The van der Waals surface area contributed by atoms with E-state index in [-0.39, 0.29) is 10.6 Å². The number of carboxylic acid groups (broad SMARTS) is 1. The van der Waals surface area contributed by atoms with Gasteiger partial charge in [-0.15, -0.1) is 0 Å². The molecule has 0 spiro atoms. The van der Waals surface area contributed by atoms with Gasteiger partial charge in [-0.1, -0.05) is 23.2 Å². The third-order valence-electron chi connectivity index (χ3n) is 1.78. The van der Waals surface area contributed by atoms with Crippen molar-refractivity contribution in [3.63, 3.8) is 0 Å². The van der Waals surface area contributed by atoms with Crippen molar-refractivity contribution >= 4 is 29.2 Å². The summed E-state index contributed by atoms with van der Waals surface area (Å²) in [7, 11) is 0. The van der Waals surface area contributed by atoms with Gasteiger partial charge in [0.1, 0.15) is 0 Å². The van der Waals surface area contributed by atoms with Crippen molar-refractivity contribution in [2.24, 2.45) is 0 Å². The second-order valence-electron chi connectivity index (χ2n) is 2.87. The Morgan fingerprint density at radius 2 is 2.00 bits per heavy atom. The monoisotopic (exact) mass is 234 g/mol. The molecule has 0 aliphatic heterocycles. The zero-order chi connectivity index (χ0) is 10.9. The molecule has 0 radical (unpaired) electrons. The summed E-state index contributed by atoms with van der Waals surface area (Å²) in [5.74, 6) is -1.35. The van der Waals surface area contributed by atoms with Gasteiger partial charge in [-0.25, -0.2) is 4.79 Å². The van der Waals surface area contributed by atoms with Crippen molar-refractivity contribution in [1.29, 1.82) is 0 Å². The summed E-state index contributed by atoms with van der Waals surface area (Å²) in [6, 6.07) is 2.94. The van der Waals surface area contributed by atoms with Crippen molar-refractivity contribution in [2.45, 2.75) is 13.0 Å². The molecule has 1 atom stereocenters. The summed E-state index contributed by atoms with van der Waals surface area (Å²) in [4.78, 5) is 10.5. The standard InChI is InChI=1S/C9H8Cl2O3/c1-4-2-5(10)3-6(7(4)11)8(12)9(13)14/h2-3,8,12H,1H3,(H,13,14). The van der Waals surface area contributed by atoms with E-state index in [0.717, 1.165) is 0 Å². The van der Waals surface area contributed by atoms with E-state index < -0.39 is 12.1 Å². The molecule has 0 saturated carbocycles. The lowest BCUT2D eigenvalue weighted by molar-refractivity contribution is -0.146. The van der Waals surface area contributed by atoms with Crippen LogP contribution in [0.3, 0.4) is 0 Å². The fourth-order valence-corrected chi connectivity index (χ4v) is 1.58. The molecular formula is C9H8Cl2O3. The van der Waals surface area contributed by atoms with E-state index in [2.05, 4.69) is 0 Å². The predicted octanol–water partition coefficient (Wildman–Crippen LogP) is 2.42. The van der Waals surface area contributed by atoms with Crippen LogP contribution in [0.2, 0.25) is 10.0 Å². The molecular weight excluding hydrogens is 227 g/mol. The highest BCUT2D eigenvalue weighted by molar-refractivity contribution is 6.34. The fourth-order valence-electron chi connectivity index (χ4n) is 1.08. The molecule has 0 heterocycles. The molecule has 3 nitrogen and oxygen atoms in total. The second kappa shape index (κ2) is 4.17. The predicted molar refractivity (Wildman–Crippen MR) is 53.8 cm³/mol. The van der Waals surface area contributed by atoms with E-state index in [1.54, 1.807) is 13.0 Å². The number of benzene rings is 1. The topological polar surface area (TPSA) is 57.5 Å². The molecule has 0 bridgehead atoms. The lowest BCUT2D eigenvalue weighted by Gasteiger charge is -2.10. The number of hydrogen-bond acceptors (Lipinski definition) is 2. The van der Waals surface area contributed by atoms with Crippen molar-refractivity contribution in [2.75, 3.05) is 0 Å². The zero-order valence-electron chi connectivity index (χ0n) is 7.29. The highest BCUT2D eigenvalue weighted by Crippen LogP contribution is 2.29. The lowest BCUT2D eigenvalue weighted by Crippen LogP contribution is -2.11. The Morgan fingerprint density at radius 3 is 2.50 bits per heavy atom. The van der Waals surface area contributed by atoms with Gasteiger partial charge in [0.25, 0.3) is 0 Å². The maximum absolute atomic E-state index is 10.5. The largest absolute Gasteiger partial charge is 0.479 e. The van der Waals surface area contributed by atoms with Gasteiger partial charge in [-0.2, -0.15) is 0 Å². The Morgan fingerprint density at radius 1 is 1.43 bits per heavy atom. The number of aliphatic hydroxyl groups excluding tert-OH is 1. The maximum atomic E-state index is 10.5. The number of carbonyl (C=O) groups is 1. The summed E-state index contributed by atoms with van der Waals surface area (Å²) in [5, 5.41) is 18.5. The number of halogens is 2. The molecule has 0 saturated heterocycles. The molecule has 0 amide bonds. The zero-order valence-corrected chi connectivity index (χ0v) is 8.80. The summed E-state index contributed by atoms with van der Waals surface area (Å²) >= 11 is 11.5. The van der Waals surface area contributed by atoms with Gasteiger partial charge in [0.2, 0.25) is 0 Å². The molecule has 14 heavy (non-hydrogen) atoms. The van der Waals surface area contributed by atoms with E-state index in [1.807, 2.05) is 0 Å². The number of aliphatic carboxylic acids is 1. The van der Waals surface area contributed by atoms with Crippen LogP contribution in [0.1, 0.15) is 17.2 Å². The minimum Gasteiger partial charge on any atom is -0.479 e. The highest BCUT2D eigenvalue weighted by atomic mass is 35.5. The maximum Gasteiger partial charge on any atom is 0.337 e. The Bertz CT molecular complexity index is 377. The minimum atomic E-state index is -1.64. The molecule has 5 heteroatoms. The first-order valence-corrected chi connectivity index (χ1v) is 4.55. The van der Waals surface area contributed by atoms with Gasteiger partial charge in [0.05, 0.1) is 0 Å². The first kappa shape index (κ1) is 11.3. The molecule has 0 aliphatic rings. The van der Waals surface area contributed by atoms with Crippen LogP contribution in [0, 0.1) is 6.92 Å². The number of aliphatic hydroxyl groups is 1. The second-order valence-corrected chi connectivity index (χ2v) is 3.68. The first-order valence-electron chi connectivity index (χ1n) is 3.80. The van der Waals surface area contributed by atoms with Crippen LogP contribution in [0.4, 0.5) is 0 Å². The molecule has 0 fully saturated rings. The van der Waals surface area contributed by atoms with Crippen molar-refractivity contribution < 1.29 is 15.0 Å². The summed E-state index contributed by atoms with van der Waals surface area (Å²) < 4.78 is 0. The Balaban J connectivity index is 3.26. The van der Waals surface area contributed by atoms with E-state index in [9.17, 15) is 9.90 Å². The average Bonchev–Trinajstić information content (AvgIpc) is 2.09. The summed E-state index contributed by atoms with van der Waals surface area (Å²) in [6.07, 6.45) is -1.64. The van der Waals surface area contributed by atoms with Crippen LogP contribution in [0.5, 0.6) is 0 Å². The normalized spacial score (nSPS) is 12.6. The van der Waals surface area contributed by atoms with E-state index >= 15 is 0 Å². The van der Waals surface area contributed by atoms with Crippen molar-refractivity contribution in [3.8, 4) is 0 Å². The molecule has 76 valence electrons. The molecule has 1 aromatic rings. The van der Waals surface area contributed by atoms with Gasteiger partial charge >= 0.3 is 5.97 Å². The van der Waals surface area contributed by atoms with E-state index in [1.165, 1.54) is 6.07 Å². The van der Waals surface area contributed by atoms with Crippen molar-refractivity contribution in [3.05, 3.63) is 33.3 Å². The fraction of sp³-hybridized carbons (Fsp3) is 0.222. The van der Waals surface area contributed by atoms with E-state index in [0.29, 0.717) is 10.6 Å². The van der Waals surface area contributed by atoms with Gasteiger partial charge < -0.3 is 10.2 Å². The third-order valence-corrected chi connectivity index (χ3v) is 2.51. The first-order chi connectivity index (χ1) is 6.43. The SMILES string of the molecule is Cc1cc(Cl)cc(C(O)C(=O)O)c1Cl. The Labute approximate surface area is 90.9 Å². The quantitative estimate of drug-likeness (QED) is 0.827. The van der Waals surface area contributed by atoms with Crippen LogP contribution >= 0.6 is 23.2 Å². The average molecular weight is 235 g/mol. The molecule has 0 aromatic heterocycles. The number of rotatable bonds is 2. The van der Waals surface area contributed by atoms with Gasteiger partial charge in [-0.3, -0.25) is 0 Å². The Hall–Kier alpha value is -0.770. The number of carboxylic acids is 1. The van der Waals surface area contributed by atoms with Crippen LogP contribution in [-0.2, 0) is 4.79 Å².